The van der Waals surface area contributed by atoms with Crippen LogP contribution >= 0.6 is 0 Å². The first-order chi connectivity index (χ1) is 20.9. The first-order valence-electron chi connectivity index (χ1n) is 14.1. The molecule has 0 atom stereocenters. The Balaban J connectivity index is 1.83. The van der Waals surface area contributed by atoms with Crippen LogP contribution in [0.4, 0.5) is 11.4 Å². The molecule has 2 fully saturated rings. The van der Waals surface area contributed by atoms with E-state index in [4.69, 9.17) is 0 Å². The van der Waals surface area contributed by atoms with Gasteiger partial charge in [0, 0.05) is 55.0 Å². The molecule has 2 aliphatic heterocycles. The minimum absolute atomic E-state index is 0.195. The number of sulfonamides is 2. The van der Waals surface area contributed by atoms with Gasteiger partial charge in [0.15, 0.2) is 0 Å². The summed E-state index contributed by atoms with van der Waals surface area (Å²) < 4.78 is 57.4. The van der Waals surface area contributed by atoms with Crippen molar-refractivity contribution >= 4 is 37.0 Å². The number of nitro groups is 2. The lowest BCUT2D eigenvalue weighted by Crippen LogP contribution is -2.32. The molecule has 0 aromatic heterocycles. The third-order valence-electron chi connectivity index (χ3n) is 8.24. The molecule has 0 bridgehead atoms. The van der Waals surface area contributed by atoms with Crippen molar-refractivity contribution < 1.29 is 26.7 Å². The number of nitro benzene ring substituents is 2. The summed E-state index contributed by atoms with van der Waals surface area (Å²) in [6.07, 6.45) is 5.65. The van der Waals surface area contributed by atoms with Crippen LogP contribution in [0.5, 0.6) is 0 Å². The molecule has 14 nitrogen and oxygen atoms in total. The number of rotatable bonds is 6. The van der Waals surface area contributed by atoms with Crippen LogP contribution in [0.1, 0.15) is 62.5 Å². The van der Waals surface area contributed by atoms with Gasteiger partial charge in [0.1, 0.15) is 17.7 Å². The number of benzene rings is 2. The van der Waals surface area contributed by atoms with Gasteiger partial charge in [-0.05, 0) is 37.8 Å². The van der Waals surface area contributed by atoms with Gasteiger partial charge >= 0.3 is 0 Å². The van der Waals surface area contributed by atoms with E-state index in [1.54, 1.807) is 12.1 Å². The Kier molecular flexibility index (Phi) is 8.55. The van der Waals surface area contributed by atoms with Crippen LogP contribution in [0.3, 0.4) is 0 Å². The number of nitriles is 2. The zero-order valence-corrected chi connectivity index (χ0v) is 25.2. The predicted octanol–water partition coefficient (Wildman–Crippen LogP) is 4.46. The topological polar surface area (TPSA) is 209 Å². The lowest BCUT2D eigenvalue weighted by molar-refractivity contribution is -0.386. The van der Waals surface area contributed by atoms with Gasteiger partial charge < -0.3 is 0 Å². The van der Waals surface area contributed by atoms with Gasteiger partial charge in [0.25, 0.3) is 11.4 Å². The molecule has 0 N–H and O–H groups in total. The highest BCUT2D eigenvalue weighted by atomic mass is 32.2. The molecular weight excluding hydrogens is 612 g/mol. The molecular formula is C28H28N6O8S2. The summed E-state index contributed by atoms with van der Waals surface area (Å²) in [5.41, 5.74) is -3.68. The fourth-order valence-corrected chi connectivity index (χ4v) is 9.25. The molecule has 16 heteroatoms. The Labute approximate surface area is 254 Å². The normalized spacial score (nSPS) is 17.8. The van der Waals surface area contributed by atoms with Crippen LogP contribution in [0.15, 0.2) is 39.6 Å². The first-order valence-corrected chi connectivity index (χ1v) is 17.0. The highest BCUT2D eigenvalue weighted by Gasteiger charge is 2.42. The van der Waals surface area contributed by atoms with E-state index in [-0.39, 0.29) is 54.0 Å². The quantitative estimate of drug-likeness (QED) is 0.210. The Morgan fingerprint density at radius 3 is 1.27 bits per heavy atom. The van der Waals surface area contributed by atoms with E-state index >= 15 is 0 Å². The predicted molar refractivity (Wildman–Crippen MR) is 157 cm³/mol. The van der Waals surface area contributed by atoms with E-state index in [2.05, 4.69) is 0 Å². The average Bonchev–Trinajstić information content (AvgIpc) is 3.27. The Morgan fingerprint density at radius 2 is 0.977 bits per heavy atom. The number of hydrogen-bond donors (Lipinski definition) is 0. The van der Waals surface area contributed by atoms with E-state index in [9.17, 15) is 47.6 Å². The smallest absolute Gasteiger partial charge is 0.258 e. The maximum Gasteiger partial charge on any atom is 0.279 e. The Hall–Kier alpha value is -4.22. The molecule has 0 unspecified atom stereocenters. The number of hydrogen-bond acceptors (Lipinski definition) is 10. The van der Waals surface area contributed by atoms with Crippen LogP contribution in [0, 0.1) is 42.9 Å². The van der Waals surface area contributed by atoms with Crippen LogP contribution < -0.4 is 0 Å². The average molecular weight is 641 g/mol. The van der Waals surface area contributed by atoms with Crippen LogP contribution in [-0.2, 0) is 20.0 Å². The third-order valence-corrected chi connectivity index (χ3v) is 12.0. The van der Waals surface area contributed by atoms with Crippen molar-refractivity contribution in [3.8, 4) is 23.3 Å². The second-order valence-electron chi connectivity index (χ2n) is 10.9. The first kappa shape index (κ1) is 31.2. The Bertz CT molecular complexity index is 1760. The van der Waals surface area contributed by atoms with Gasteiger partial charge in [-0.2, -0.15) is 19.1 Å². The molecule has 0 radical (unpaired) electrons. The van der Waals surface area contributed by atoms with Crippen molar-refractivity contribution in [1.29, 1.82) is 10.5 Å². The van der Waals surface area contributed by atoms with Crippen LogP contribution in [-0.4, -0.2) is 61.5 Å². The fourth-order valence-electron chi connectivity index (χ4n) is 6.12. The van der Waals surface area contributed by atoms with Crippen LogP contribution in [0.2, 0.25) is 0 Å². The van der Waals surface area contributed by atoms with Crippen molar-refractivity contribution in [2.75, 3.05) is 26.2 Å². The standard InChI is InChI=1S/C28H28N6O8S2/c29-17-19(18-30)26-22-13-20(43(39,40)31-9-5-1-2-6-10-31)15-24(33(35)36)27(22)28-23(26)14-21(16-25(28)34(37)38)44(41,42)32-11-7-3-4-8-12-32/h13-16H,1-12H2. The maximum atomic E-state index is 13.7. The second kappa shape index (κ2) is 12.0. The van der Waals surface area contributed by atoms with Crippen molar-refractivity contribution in [3.63, 3.8) is 0 Å². The molecule has 2 aromatic carbocycles. The van der Waals surface area contributed by atoms with E-state index in [0.29, 0.717) is 25.7 Å². The second-order valence-corrected chi connectivity index (χ2v) is 14.7. The Morgan fingerprint density at radius 1 is 0.636 bits per heavy atom. The summed E-state index contributed by atoms with van der Waals surface area (Å²) in [6.45, 7) is 0.782. The van der Waals surface area contributed by atoms with Crippen LogP contribution in [0.25, 0.3) is 16.7 Å². The summed E-state index contributed by atoms with van der Waals surface area (Å²) in [6, 6.07) is 7.21. The highest BCUT2D eigenvalue weighted by Crippen LogP contribution is 2.54. The molecule has 3 aliphatic rings. The molecule has 2 aromatic rings. The highest BCUT2D eigenvalue weighted by molar-refractivity contribution is 7.89. The molecule has 0 spiro atoms. The van der Waals surface area contributed by atoms with Gasteiger partial charge in [-0.3, -0.25) is 20.2 Å². The number of nitrogens with zero attached hydrogens (tertiary/aromatic N) is 6. The van der Waals surface area contributed by atoms with E-state index in [0.717, 1.165) is 49.9 Å². The van der Waals surface area contributed by atoms with Gasteiger partial charge in [0.05, 0.1) is 30.8 Å². The van der Waals surface area contributed by atoms with Gasteiger partial charge in [-0.15, -0.1) is 0 Å². The minimum atomic E-state index is -4.28. The van der Waals surface area contributed by atoms with Gasteiger partial charge in [-0.25, -0.2) is 16.8 Å². The summed E-state index contributed by atoms with van der Waals surface area (Å²) in [7, 11) is -8.57. The summed E-state index contributed by atoms with van der Waals surface area (Å²) in [5, 5.41) is 44.6. The molecule has 1 aliphatic carbocycles. The van der Waals surface area contributed by atoms with Gasteiger partial charge in [-0.1, -0.05) is 25.7 Å². The van der Waals surface area contributed by atoms with Gasteiger partial charge in [0.2, 0.25) is 20.0 Å². The van der Waals surface area contributed by atoms with E-state index in [1.807, 2.05) is 0 Å². The lowest BCUT2D eigenvalue weighted by Gasteiger charge is -2.20. The van der Waals surface area contributed by atoms with Crippen molar-refractivity contribution in [2.24, 2.45) is 0 Å². The number of fused-ring (bicyclic) bond motifs is 3. The molecule has 5 rings (SSSR count). The summed E-state index contributed by atoms with van der Waals surface area (Å²) >= 11 is 0. The lowest BCUT2D eigenvalue weighted by atomic mass is 9.99. The maximum absolute atomic E-state index is 13.7. The SMILES string of the molecule is N#CC(C#N)=C1c2cc(S(=O)(=O)N3CCCCCC3)cc([N+](=O)[O-])c2-c2c1cc(S(=O)(=O)N1CCCCCC1)cc2[N+](=O)[O-]. The number of allylic oxidation sites excluding steroid dienone is 1. The monoisotopic (exact) mass is 640 g/mol. The zero-order valence-electron chi connectivity index (χ0n) is 23.6. The van der Waals surface area contributed by atoms with Crippen molar-refractivity contribution in [3.05, 3.63) is 61.2 Å². The summed E-state index contributed by atoms with van der Waals surface area (Å²) in [4.78, 5) is 22.2. The molecule has 0 saturated carbocycles. The molecule has 44 heavy (non-hydrogen) atoms. The molecule has 230 valence electrons. The molecule has 2 heterocycles. The largest absolute Gasteiger partial charge is 0.279 e. The molecule has 0 amide bonds. The summed E-state index contributed by atoms with van der Waals surface area (Å²) in [5.74, 6) is 0. The van der Waals surface area contributed by atoms with Crippen molar-refractivity contribution in [1.82, 2.24) is 8.61 Å². The fraction of sp³-hybridized carbons (Fsp3) is 0.429. The van der Waals surface area contributed by atoms with Crippen molar-refractivity contribution in [2.45, 2.75) is 61.2 Å². The zero-order chi connectivity index (χ0) is 31.8. The van der Waals surface area contributed by atoms with E-state index < -0.39 is 56.6 Å². The molecule has 2 saturated heterocycles. The van der Waals surface area contributed by atoms with E-state index in [1.165, 1.54) is 8.61 Å². The third kappa shape index (κ3) is 5.35. The minimum Gasteiger partial charge on any atom is -0.258 e.